The molecule has 0 aliphatic carbocycles. The Bertz CT molecular complexity index is 1090. The average molecular weight is 465 g/mol. The van der Waals surface area contributed by atoms with E-state index in [2.05, 4.69) is 10.2 Å². The molecule has 0 bridgehead atoms. The molecule has 2 aromatic rings. The average Bonchev–Trinajstić information content (AvgIpc) is 3.08. The van der Waals surface area contributed by atoms with E-state index in [-0.39, 0.29) is 23.3 Å². The number of nitrogens with zero attached hydrogens (tertiary/aromatic N) is 3. The molecule has 0 saturated carbocycles. The van der Waals surface area contributed by atoms with Crippen molar-refractivity contribution < 1.29 is 19.2 Å². The number of imide groups is 1. The van der Waals surface area contributed by atoms with Gasteiger partial charge >= 0.3 is 0 Å². The molecule has 4 rings (SSSR count). The van der Waals surface area contributed by atoms with Crippen molar-refractivity contribution in [2.45, 2.75) is 6.92 Å². The summed E-state index contributed by atoms with van der Waals surface area (Å²) in [7, 11) is 0. The summed E-state index contributed by atoms with van der Waals surface area (Å²) in [4.78, 5) is 54.3. The zero-order chi connectivity index (χ0) is 23.4. The first kappa shape index (κ1) is 22.6. The number of piperazine rings is 1. The lowest BCUT2D eigenvalue weighted by Gasteiger charge is -2.36. The van der Waals surface area contributed by atoms with Crippen LogP contribution in [0, 0.1) is 0 Å². The number of rotatable bonds is 5. The van der Waals surface area contributed by atoms with Crippen LogP contribution in [0.1, 0.15) is 12.5 Å². The summed E-state index contributed by atoms with van der Waals surface area (Å²) < 4.78 is 0. The first-order chi connectivity index (χ1) is 15.9. The molecular weight excluding hydrogens is 440 g/mol. The fourth-order valence-corrected chi connectivity index (χ4v) is 4.58. The van der Waals surface area contributed by atoms with Gasteiger partial charge in [0.05, 0.1) is 4.91 Å². The Morgan fingerprint density at radius 3 is 2.27 bits per heavy atom. The van der Waals surface area contributed by atoms with Crippen LogP contribution in [0.5, 0.6) is 0 Å². The lowest BCUT2D eigenvalue weighted by molar-refractivity contribution is -0.136. The van der Waals surface area contributed by atoms with Gasteiger partial charge in [0, 0.05) is 44.5 Å². The molecule has 170 valence electrons. The number of carbonyl (C=O) groups is 4. The molecule has 4 amide bonds. The summed E-state index contributed by atoms with van der Waals surface area (Å²) in [6.45, 7) is 3.65. The van der Waals surface area contributed by atoms with Gasteiger partial charge in [-0.25, -0.2) is 0 Å². The van der Waals surface area contributed by atoms with Gasteiger partial charge in [0.15, 0.2) is 0 Å². The second-order valence-corrected chi connectivity index (χ2v) is 8.77. The maximum Gasteiger partial charge on any atom is 0.294 e. The Labute approximate surface area is 196 Å². The number of nitrogens with one attached hydrogen (secondary N) is 1. The largest absolute Gasteiger partial charge is 0.368 e. The molecule has 1 N–H and O–H groups in total. The van der Waals surface area contributed by atoms with Crippen molar-refractivity contribution in [3.63, 3.8) is 0 Å². The van der Waals surface area contributed by atoms with Crippen LogP contribution >= 0.6 is 11.8 Å². The topological polar surface area (TPSA) is 90.0 Å². The van der Waals surface area contributed by atoms with Gasteiger partial charge in [0.2, 0.25) is 11.8 Å². The first-order valence-corrected chi connectivity index (χ1v) is 11.4. The van der Waals surface area contributed by atoms with Crippen molar-refractivity contribution in [1.29, 1.82) is 0 Å². The molecule has 2 fully saturated rings. The number of hydrogen-bond donors (Lipinski definition) is 1. The normalized spacial score (nSPS) is 17.6. The van der Waals surface area contributed by atoms with Crippen LogP contribution in [0.4, 0.5) is 16.2 Å². The van der Waals surface area contributed by atoms with Crippen LogP contribution < -0.4 is 10.2 Å². The van der Waals surface area contributed by atoms with Gasteiger partial charge in [0.25, 0.3) is 11.1 Å². The fourth-order valence-electron chi connectivity index (χ4n) is 3.74. The van der Waals surface area contributed by atoms with Gasteiger partial charge in [-0.1, -0.05) is 30.3 Å². The van der Waals surface area contributed by atoms with Gasteiger partial charge in [-0.3, -0.25) is 24.1 Å². The second-order valence-electron chi connectivity index (χ2n) is 7.77. The molecule has 0 unspecified atom stereocenters. The fraction of sp³-hybridized carbons (Fsp3) is 0.250. The molecule has 0 aromatic heterocycles. The third kappa shape index (κ3) is 5.43. The van der Waals surface area contributed by atoms with Crippen LogP contribution in [-0.4, -0.2) is 65.5 Å². The number of hydrogen-bond acceptors (Lipinski definition) is 6. The van der Waals surface area contributed by atoms with E-state index in [1.165, 1.54) is 6.92 Å². The van der Waals surface area contributed by atoms with E-state index < -0.39 is 11.1 Å². The minimum absolute atomic E-state index is 0.171. The summed E-state index contributed by atoms with van der Waals surface area (Å²) >= 11 is 0.828. The number of amides is 4. The number of anilines is 2. The van der Waals surface area contributed by atoms with E-state index in [1.54, 1.807) is 35.2 Å². The van der Waals surface area contributed by atoms with Crippen molar-refractivity contribution in [1.82, 2.24) is 9.80 Å². The zero-order valence-corrected chi connectivity index (χ0v) is 19.0. The molecule has 2 saturated heterocycles. The Balaban J connectivity index is 1.34. The summed E-state index contributed by atoms with van der Waals surface area (Å²) in [5.41, 5.74) is 2.48. The van der Waals surface area contributed by atoms with E-state index in [0.717, 1.165) is 27.9 Å². The molecule has 8 nitrogen and oxygen atoms in total. The maximum atomic E-state index is 12.8. The molecule has 0 spiro atoms. The van der Waals surface area contributed by atoms with Gasteiger partial charge in [-0.2, -0.15) is 0 Å². The van der Waals surface area contributed by atoms with Crippen molar-refractivity contribution in [2.75, 3.05) is 42.9 Å². The van der Waals surface area contributed by atoms with Crippen molar-refractivity contribution in [3.05, 3.63) is 65.1 Å². The van der Waals surface area contributed by atoms with Crippen LogP contribution in [0.3, 0.4) is 0 Å². The van der Waals surface area contributed by atoms with Crippen LogP contribution in [0.2, 0.25) is 0 Å². The minimum atomic E-state index is -0.466. The summed E-state index contributed by atoms with van der Waals surface area (Å²) in [6.07, 6.45) is 1.62. The van der Waals surface area contributed by atoms with Crippen molar-refractivity contribution >= 4 is 52.2 Å². The molecular formula is C24H24N4O4S. The number of para-hydroxylation sites is 1. The van der Waals surface area contributed by atoms with Crippen molar-refractivity contribution in [3.8, 4) is 0 Å². The van der Waals surface area contributed by atoms with E-state index in [9.17, 15) is 19.2 Å². The molecule has 2 aliphatic heterocycles. The SMILES string of the molecule is CC(=O)Nc1ccc(/C=C2\SC(=O)N(CC(=O)N3CCN(c4ccccc4)CC3)C2=O)cc1. The highest BCUT2D eigenvalue weighted by molar-refractivity contribution is 8.18. The Kier molecular flexibility index (Phi) is 6.79. The predicted octanol–water partition coefficient (Wildman–Crippen LogP) is 3.03. The molecule has 33 heavy (non-hydrogen) atoms. The molecule has 2 aliphatic rings. The quantitative estimate of drug-likeness (QED) is 0.684. The standard InChI is InChI=1S/C24H24N4O4S/c1-17(29)25-19-9-7-18(8-10-19)15-21-23(31)28(24(32)33-21)16-22(30)27-13-11-26(12-14-27)20-5-3-2-4-6-20/h2-10,15H,11-14,16H2,1H3,(H,25,29)/b21-15-. The van der Waals surface area contributed by atoms with Crippen LogP contribution in [0.25, 0.3) is 6.08 Å². The van der Waals surface area contributed by atoms with Crippen molar-refractivity contribution in [2.24, 2.45) is 0 Å². The van der Waals surface area contributed by atoms with Crippen LogP contribution in [0.15, 0.2) is 59.5 Å². The van der Waals surface area contributed by atoms with Gasteiger partial charge in [0.1, 0.15) is 6.54 Å². The van der Waals surface area contributed by atoms with Gasteiger partial charge in [-0.05, 0) is 47.7 Å². The smallest absolute Gasteiger partial charge is 0.294 e. The first-order valence-electron chi connectivity index (χ1n) is 10.6. The molecule has 9 heteroatoms. The van der Waals surface area contributed by atoms with E-state index >= 15 is 0 Å². The molecule has 0 radical (unpaired) electrons. The Morgan fingerprint density at radius 1 is 0.970 bits per heavy atom. The van der Waals surface area contributed by atoms with Crippen LogP contribution in [-0.2, 0) is 14.4 Å². The molecule has 2 heterocycles. The third-order valence-electron chi connectivity index (χ3n) is 5.45. The predicted molar refractivity (Wildman–Crippen MR) is 129 cm³/mol. The molecule has 0 atom stereocenters. The number of carbonyl (C=O) groups excluding carboxylic acids is 4. The summed E-state index contributed by atoms with van der Waals surface area (Å²) in [6, 6.07) is 16.9. The lowest BCUT2D eigenvalue weighted by Crippen LogP contribution is -2.51. The highest BCUT2D eigenvalue weighted by Crippen LogP contribution is 2.32. The third-order valence-corrected chi connectivity index (χ3v) is 6.36. The summed E-state index contributed by atoms with van der Waals surface area (Å²) in [5, 5.41) is 2.23. The number of benzene rings is 2. The highest BCUT2D eigenvalue weighted by Gasteiger charge is 2.37. The minimum Gasteiger partial charge on any atom is -0.368 e. The van der Waals surface area contributed by atoms with Gasteiger partial charge < -0.3 is 15.1 Å². The monoisotopic (exact) mass is 464 g/mol. The zero-order valence-electron chi connectivity index (χ0n) is 18.2. The Morgan fingerprint density at radius 2 is 1.64 bits per heavy atom. The maximum absolute atomic E-state index is 12.8. The lowest BCUT2D eigenvalue weighted by atomic mass is 10.2. The number of thioether (sulfide) groups is 1. The Hall–Kier alpha value is -3.59. The second kappa shape index (κ2) is 9.91. The van der Waals surface area contributed by atoms with E-state index in [4.69, 9.17) is 0 Å². The van der Waals surface area contributed by atoms with Gasteiger partial charge in [-0.15, -0.1) is 0 Å². The summed E-state index contributed by atoms with van der Waals surface area (Å²) in [5.74, 6) is -0.867. The highest BCUT2D eigenvalue weighted by atomic mass is 32.2. The van der Waals surface area contributed by atoms with E-state index in [1.807, 2.05) is 30.3 Å². The van der Waals surface area contributed by atoms with E-state index in [0.29, 0.717) is 31.9 Å². The molecule has 2 aromatic carbocycles.